The molecule has 0 radical (unpaired) electrons. The molecule has 18 heavy (non-hydrogen) atoms. The number of nitriles is 1. The number of anilines is 1. The molecule has 1 unspecified atom stereocenters. The summed E-state index contributed by atoms with van der Waals surface area (Å²) >= 11 is 3.46. The Labute approximate surface area is 115 Å². The molecule has 0 bridgehead atoms. The summed E-state index contributed by atoms with van der Waals surface area (Å²) in [5, 5.41) is 12.0. The number of hydrogen-bond donors (Lipinski definition) is 1. The molecule has 1 N–H and O–H groups in total. The summed E-state index contributed by atoms with van der Waals surface area (Å²) in [6, 6.07) is 13.9. The summed E-state index contributed by atoms with van der Waals surface area (Å²) in [7, 11) is 0. The fraction of sp³-hybridized carbons (Fsp3) is 0.143. The van der Waals surface area contributed by atoms with E-state index in [2.05, 4.69) is 45.3 Å². The van der Waals surface area contributed by atoms with Crippen LogP contribution in [0.25, 0.3) is 0 Å². The van der Waals surface area contributed by atoms with Crippen molar-refractivity contribution in [3.05, 3.63) is 58.3 Å². The molecule has 1 aromatic heterocycles. The van der Waals surface area contributed by atoms with Crippen molar-refractivity contribution in [2.45, 2.75) is 13.0 Å². The van der Waals surface area contributed by atoms with Crippen molar-refractivity contribution >= 4 is 21.6 Å². The molecule has 0 amide bonds. The Morgan fingerprint density at radius 1 is 1.33 bits per heavy atom. The van der Waals surface area contributed by atoms with Crippen LogP contribution in [0.1, 0.15) is 24.2 Å². The van der Waals surface area contributed by atoms with Gasteiger partial charge in [0.05, 0.1) is 11.9 Å². The van der Waals surface area contributed by atoms with Gasteiger partial charge in [0.25, 0.3) is 0 Å². The predicted octanol–water partition coefficient (Wildman–Crippen LogP) is 3.89. The van der Waals surface area contributed by atoms with Crippen LogP contribution in [-0.4, -0.2) is 4.98 Å². The lowest BCUT2D eigenvalue weighted by Gasteiger charge is -2.15. The molecule has 1 heterocycles. The van der Waals surface area contributed by atoms with Crippen LogP contribution < -0.4 is 5.32 Å². The summed E-state index contributed by atoms with van der Waals surface area (Å²) < 4.78 is 1.06. The molecule has 0 spiro atoms. The highest BCUT2D eigenvalue weighted by Crippen LogP contribution is 2.21. The minimum absolute atomic E-state index is 0.178. The maximum absolute atomic E-state index is 8.68. The molecular weight excluding hydrogens is 290 g/mol. The average molecular weight is 302 g/mol. The standard InChI is InChI=1S/C14H12BrN3/c1-10(11-3-2-4-12(15)7-11)18-14-6-5-13(8-16)17-9-14/h2-7,9-10,18H,1H3. The highest BCUT2D eigenvalue weighted by atomic mass is 79.9. The second-order valence-corrected chi connectivity index (χ2v) is 4.88. The minimum Gasteiger partial charge on any atom is -0.377 e. The quantitative estimate of drug-likeness (QED) is 0.935. The first-order chi connectivity index (χ1) is 8.69. The van der Waals surface area contributed by atoms with Gasteiger partial charge in [0, 0.05) is 10.5 Å². The van der Waals surface area contributed by atoms with Crippen molar-refractivity contribution in [1.29, 1.82) is 5.26 Å². The van der Waals surface area contributed by atoms with E-state index >= 15 is 0 Å². The van der Waals surface area contributed by atoms with E-state index in [-0.39, 0.29) is 6.04 Å². The molecular formula is C14H12BrN3. The molecule has 0 aliphatic carbocycles. The van der Waals surface area contributed by atoms with E-state index in [4.69, 9.17) is 5.26 Å². The van der Waals surface area contributed by atoms with Gasteiger partial charge in [-0.15, -0.1) is 0 Å². The smallest absolute Gasteiger partial charge is 0.140 e. The first-order valence-corrected chi connectivity index (χ1v) is 6.36. The second kappa shape index (κ2) is 5.65. The molecule has 2 rings (SSSR count). The first kappa shape index (κ1) is 12.6. The third-order valence-electron chi connectivity index (χ3n) is 2.61. The molecule has 1 atom stereocenters. The largest absolute Gasteiger partial charge is 0.377 e. The van der Waals surface area contributed by atoms with Crippen LogP contribution in [0.15, 0.2) is 47.1 Å². The van der Waals surface area contributed by atoms with Crippen molar-refractivity contribution in [1.82, 2.24) is 4.98 Å². The third-order valence-corrected chi connectivity index (χ3v) is 3.10. The number of halogens is 1. The Morgan fingerprint density at radius 2 is 2.17 bits per heavy atom. The lowest BCUT2D eigenvalue weighted by molar-refractivity contribution is 0.881. The van der Waals surface area contributed by atoms with Crippen molar-refractivity contribution < 1.29 is 0 Å². The maximum Gasteiger partial charge on any atom is 0.140 e. The molecule has 90 valence electrons. The number of rotatable bonds is 3. The highest BCUT2D eigenvalue weighted by molar-refractivity contribution is 9.10. The van der Waals surface area contributed by atoms with E-state index in [0.29, 0.717) is 5.69 Å². The Balaban J connectivity index is 2.11. The Kier molecular flexibility index (Phi) is 3.96. The van der Waals surface area contributed by atoms with E-state index in [1.54, 1.807) is 12.3 Å². The molecule has 0 aliphatic rings. The van der Waals surface area contributed by atoms with Crippen LogP contribution in [0.3, 0.4) is 0 Å². The monoisotopic (exact) mass is 301 g/mol. The summed E-state index contributed by atoms with van der Waals surface area (Å²) in [6.07, 6.45) is 1.67. The van der Waals surface area contributed by atoms with Gasteiger partial charge in [-0.1, -0.05) is 28.1 Å². The number of hydrogen-bond acceptors (Lipinski definition) is 3. The van der Waals surface area contributed by atoms with E-state index < -0.39 is 0 Å². The van der Waals surface area contributed by atoms with Gasteiger partial charge in [0.15, 0.2) is 0 Å². The van der Waals surface area contributed by atoms with Crippen molar-refractivity contribution in [3.8, 4) is 6.07 Å². The Bertz CT molecular complexity index is 572. The third kappa shape index (κ3) is 3.08. The van der Waals surface area contributed by atoms with Crippen LogP contribution >= 0.6 is 15.9 Å². The van der Waals surface area contributed by atoms with Crippen molar-refractivity contribution in [3.63, 3.8) is 0 Å². The SMILES string of the molecule is CC(Nc1ccc(C#N)nc1)c1cccc(Br)c1. The zero-order chi connectivity index (χ0) is 13.0. The molecule has 0 saturated carbocycles. The first-order valence-electron chi connectivity index (χ1n) is 5.57. The Hall–Kier alpha value is -1.86. The summed E-state index contributed by atoms with van der Waals surface area (Å²) in [4.78, 5) is 4.03. The highest BCUT2D eigenvalue weighted by Gasteiger charge is 2.05. The fourth-order valence-electron chi connectivity index (χ4n) is 1.65. The normalized spacial score (nSPS) is 11.6. The molecule has 3 nitrogen and oxygen atoms in total. The van der Waals surface area contributed by atoms with Crippen molar-refractivity contribution in [2.24, 2.45) is 0 Å². The van der Waals surface area contributed by atoms with Gasteiger partial charge >= 0.3 is 0 Å². The van der Waals surface area contributed by atoms with E-state index in [9.17, 15) is 0 Å². The predicted molar refractivity (Wildman–Crippen MR) is 75.1 cm³/mol. The van der Waals surface area contributed by atoms with Crippen LogP contribution in [0, 0.1) is 11.3 Å². The van der Waals surface area contributed by atoms with Gasteiger partial charge in [0.2, 0.25) is 0 Å². The van der Waals surface area contributed by atoms with Crippen LogP contribution in [0.5, 0.6) is 0 Å². The molecule has 0 aliphatic heterocycles. The van der Waals surface area contributed by atoms with Gasteiger partial charge in [-0.05, 0) is 36.8 Å². The van der Waals surface area contributed by atoms with Gasteiger partial charge in [-0.3, -0.25) is 0 Å². The second-order valence-electron chi connectivity index (χ2n) is 3.96. The molecule has 0 saturated heterocycles. The lowest BCUT2D eigenvalue weighted by atomic mass is 10.1. The number of nitrogens with one attached hydrogen (secondary N) is 1. The Morgan fingerprint density at radius 3 is 2.78 bits per heavy atom. The number of benzene rings is 1. The van der Waals surface area contributed by atoms with Gasteiger partial charge < -0.3 is 5.32 Å². The number of pyridine rings is 1. The zero-order valence-electron chi connectivity index (χ0n) is 9.89. The number of aromatic nitrogens is 1. The lowest BCUT2D eigenvalue weighted by Crippen LogP contribution is -2.06. The minimum atomic E-state index is 0.178. The van der Waals surface area contributed by atoms with E-state index in [1.807, 2.05) is 24.3 Å². The molecule has 1 aromatic carbocycles. The van der Waals surface area contributed by atoms with Crippen LogP contribution in [0.2, 0.25) is 0 Å². The average Bonchev–Trinajstić information content (AvgIpc) is 2.39. The summed E-state index contributed by atoms with van der Waals surface area (Å²) in [5.74, 6) is 0. The molecule has 2 aromatic rings. The van der Waals surface area contributed by atoms with E-state index in [0.717, 1.165) is 10.2 Å². The zero-order valence-corrected chi connectivity index (χ0v) is 11.5. The van der Waals surface area contributed by atoms with Crippen molar-refractivity contribution in [2.75, 3.05) is 5.32 Å². The van der Waals surface area contributed by atoms with Crippen LogP contribution in [0.4, 0.5) is 5.69 Å². The van der Waals surface area contributed by atoms with Gasteiger partial charge in [0.1, 0.15) is 11.8 Å². The summed E-state index contributed by atoms with van der Waals surface area (Å²) in [6.45, 7) is 2.08. The topological polar surface area (TPSA) is 48.7 Å². The fourth-order valence-corrected chi connectivity index (χ4v) is 2.07. The van der Waals surface area contributed by atoms with Crippen LogP contribution in [-0.2, 0) is 0 Å². The number of nitrogens with zero attached hydrogens (tertiary/aromatic N) is 2. The molecule has 0 fully saturated rings. The maximum atomic E-state index is 8.68. The molecule has 4 heteroatoms. The van der Waals surface area contributed by atoms with Gasteiger partial charge in [-0.25, -0.2) is 4.98 Å². The summed E-state index contributed by atoms with van der Waals surface area (Å²) in [5.41, 5.74) is 2.52. The van der Waals surface area contributed by atoms with Gasteiger partial charge in [-0.2, -0.15) is 5.26 Å². The van der Waals surface area contributed by atoms with E-state index in [1.165, 1.54) is 5.56 Å².